The van der Waals surface area contributed by atoms with Gasteiger partial charge in [-0.1, -0.05) is 29.3 Å². The minimum absolute atomic E-state index is 0.0360. The summed E-state index contributed by atoms with van der Waals surface area (Å²) in [6, 6.07) is 5.53. The number of rotatable bonds is 6. The number of aromatic nitrogens is 4. The summed E-state index contributed by atoms with van der Waals surface area (Å²) in [5, 5.41) is 17.6. The summed E-state index contributed by atoms with van der Waals surface area (Å²) in [4.78, 5) is 0. The summed E-state index contributed by atoms with van der Waals surface area (Å²) in [5.74, 6) is 0. The van der Waals surface area contributed by atoms with Crippen LogP contribution in [-0.2, 0) is 13.1 Å². The van der Waals surface area contributed by atoms with Gasteiger partial charge in [-0.3, -0.25) is 9.36 Å². The van der Waals surface area contributed by atoms with Crippen LogP contribution in [0.25, 0.3) is 0 Å². The predicted octanol–water partition coefficient (Wildman–Crippen LogP) is 5.43. The molecule has 2 aromatic heterocycles. The minimum atomic E-state index is 0.0360. The molecule has 1 unspecified atom stereocenters. The van der Waals surface area contributed by atoms with Gasteiger partial charge in [-0.25, -0.2) is 0 Å². The van der Waals surface area contributed by atoms with Crippen LogP contribution in [0.1, 0.15) is 48.1 Å². The largest absolute Gasteiger partial charge is 0.356 e. The molecule has 0 spiro atoms. The first-order valence-corrected chi connectivity index (χ1v) is 10.9. The molecule has 0 amide bonds. The molecule has 2 heterocycles. The number of anilines is 1. The molecule has 0 bridgehead atoms. The number of nitrogens with zero attached hydrogens (tertiary/aromatic N) is 4. The zero-order chi connectivity index (χ0) is 22.0. The number of hydrogen-bond donors (Lipinski definition) is 2. The zero-order valence-corrected chi connectivity index (χ0v) is 20.1. The fraction of sp³-hybridized carbons (Fsp3) is 0.381. The first-order valence-electron chi connectivity index (χ1n) is 9.79. The van der Waals surface area contributed by atoms with E-state index in [4.69, 9.17) is 35.4 Å². The van der Waals surface area contributed by atoms with Crippen molar-refractivity contribution in [3.05, 3.63) is 62.6 Å². The molecule has 0 aliphatic rings. The molecule has 0 saturated heterocycles. The zero-order valence-electron chi connectivity index (χ0n) is 17.8. The van der Waals surface area contributed by atoms with Gasteiger partial charge in [0.25, 0.3) is 0 Å². The van der Waals surface area contributed by atoms with Gasteiger partial charge in [0, 0.05) is 28.4 Å². The van der Waals surface area contributed by atoms with Crippen molar-refractivity contribution in [3.8, 4) is 0 Å². The smallest absolute Gasteiger partial charge is 0.171 e. The molecule has 6 nitrogen and oxygen atoms in total. The topological polar surface area (TPSA) is 59.7 Å². The lowest BCUT2D eigenvalue weighted by molar-refractivity contribution is 0.651. The Bertz CT molecular complexity index is 1070. The molecule has 0 aliphatic carbocycles. The van der Waals surface area contributed by atoms with Crippen LogP contribution in [0.15, 0.2) is 24.4 Å². The molecule has 0 radical (unpaired) electrons. The van der Waals surface area contributed by atoms with E-state index in [-0.39, 0.29) is 6.04 Å². The van der Waals surface area contributed by atoms with Gasteiger partial charge in [0.15, 0.2) is 5.11 Å². The van der Waals surface area contributed by atoms with Crippen LogP contribution in [0.4, 0.5) is 5.69 Å². The predicted molar refractivity (Wildman–Crippen MR) is 128 cm³/mol. The highest BCUT2D eigenvalue weighted by molar-refractivity contribution is 7.80. The summed E-state index contributed by atoms with van der Waals surface area (Å²) >= 11 is 17.9. The molecule has 160 valence electrons. The Morgan fingerprint density at radius 3 is 2.53 bits per heavy atom. The van der Waals surface area contributed by atoms with Gasteiger partial charge in [0.2, 0.25) is 0 Å². The van der Waals surface area contributed by atoms with Crippen LogP contribution in [-0.4, -0.2) is 24.7 Å². The van der Waals surface area contributed by atoms with Crippen molar-refractivity contribution in [2.75, 3.05) is 5.32 Å². The molecule has 30 heavy (non-hydrogen) atoms. The van der Waals surface area contributed by atoms with E-state index >= 15 is 0 Å². The highest BCUT2D eigenvalue weighted by Gasteiger charge is 2.17. The molecule has 0 aliphatic heterocycles. The van der Waals surface area contributed by atoms with E-state index < -0.39 is 0 Å². The summed E-state index contributed by atoms with van der Waals surface area (Å²) in [5.41, 5.74) is 5.82. The second-order valence-electron chi connectivity index (χ2n) is 7.28. The van der Waals surface area contributed by atoms with Crippen LogP contribution >= 0.6 is 35.4 Å². The van der Waals surface area contributed by atoms with E-state index in [9.17, 15) is 0 Å². The Morgan fingerprint density at radius 1 is 1.17 bits per heavy atom. The van der Waals surface area contributed by atoms with E-state index in [1.54, 1.807) is 6.07 Å². The maximum Gasteiger partial charge on any atom is 0.171 e. The van der Waals surface area contributed by atoms with E-state index in [0.717, 1.165) is 40.4 Å². The van der Waals surface area contributed by atoms with Gasteiger partial charge < -0.3 is 10.6 Å². The minimum Gasteiger partial charge on any atom is -0.356 e. The molecule has 9 heteroatoms. The number of thiocarbonyl (C=S) groups is 1. The summed E-state index contributed by atoms with van der Waals surface area (Å²) in [6.45, 7) is 11.5. The quantitative estimate of drug-likeness (QED) is 0.476. The van der Waals surface area contributed by atoms with Crippen molar-refractivity contribution in [1.82, 2.24) is 24.9 Å². The van der Waals surface area contributed by atoms with E-state index in [1.807, 2.05) is 42.3 Å². The third kappa shape index (κ3) is 4.96. The first-order chi connectivity index (χ1) is 14.2. The highest BCUT2D eigenvalue weighted by Crippen LogP contribution is 2.25. The van der Waals surface area contributed by atoms with Crippen molar-refractivity contribution < 1.29 is 0 Å². The van der Waals surface area contributed by atoms with Gasteiger partial charge >= 0.3 is 0 Å². The Labute approximate surface area is 192 Å². The number of hydrogen-bond acceptors (Lipinski definition) is 3. The van der Waals surface area contributed by atoms with Crippen LogP contribution in [0.5, 0.6) is 0 Å². The molecule has 1 atom stereocenters. The Kier molecular flexibility index (Phi) is 7.06. The lowest BCUT2D eigenvalue weighted by Gasteiger charge is -2.17. The molecule has 2 N–H and O–H groups in total. The van der Waals surface area contributed by atoms with Gasteiger partial charge in [-0.15, -0.1) is 0 Å². The molecular formula is C21H26Cl2N6S. The molecular weight excluding hydrogens is 439 g/mol. The van der Waals surface area contributed by atoms with Crippen molar-refractivity contribution in [2.45, 2.75) is 53.8 Å². The molecule has 0 fully saturated rings. The number of aryl methyl sites for hydroxylation is 3. The number of halogens is 2. The van der Waals surface area contributed by atoms with E-state index in [0.29, 0.717) is 21.7 Å². The Hall–Kier alpha value is -2.09. The SMILES string of the molecule is CCn1cc(C(C)NC(=S)Nc2c(C)nn(Cc3ccc(Cl)cc3Cl)c2C)c(C)n1. The second kappa shape index (κ2) is 9.37. The van der Waals surface area contributed by atoms with Gasteiger partial charge in [-0.05, 0) is 64.5 Å². The lowest BCUT2D eigenvalue weighted by Crippen LogP contribution is -2.31. The first kappa shape index (κ1) is 22.6. The monoisotopic (exact) mass is 464 g/mol. The Morgan fingerprint density at radius 2 is 1.90 bits per heavy atom. The van der Waals surface area contributed by atoms with E-state index in [1.165, 1.54) is 0 Å². The number of nitrogens with one attached hydrogen (secondary N) is 2. The summed E-state index contributed by atoms with van der Waals surface area (Å²) in [7, 11) is 0. The van der Waals surface area contributed by atoms with Gasteiger partial charge in [-0.2, -0.15) is 10.2 Å². The molecule has 1 aromatic carbocycles. The standard InChI is InChI=1S/C21H26Cl2N6S/c1-6-28-11-18(13(3)26-28)12(2)24-21(30)25-20-14(4)27-29(15(20)5)10-16-7-8-17(22)9-19(16)23/h7-9,11-12H,6,10H2,1-5H3,(H2,24,25,30). The van der Waals surface area contributed by atoms with Crippen LogP contribution in [0.2, 0.25) is 10.0 Å². The average molecular weight is 465 g/mol. The third-order valence-electron chi connectivity index (χ3n) is 5.08. The third-order valence-corrected chi connectivity index (χ3v) is 5.88. The lowest BCUT2D eigenvalue weighted by atomic mass is 10.1. The Balaban J connectivity index is 1.72. The molecule has 3 rings (SSSR count). The van der Waals surface area contributed by atoms with Crippen LogP contribution in [0, 0.1) is 20.8 Å². The summed E-state index contributed by atoms with van der Waals surface area (Å²) in [6.07, 6.45) is 2.06. The highest BCUT2D eigenvalue weighted by atomic mass is 35.5. The molecule has 0 saturated carbocycles. The van der Waals surface area contributed by atoms with E-state index in [2.05, 4.69) is 40.9 Å². The normalized spacial score (nSPS) is 12.1. The molecule has 3 aromatic rings. The van der Waals surface area contributed by atoms with Gasteiger partial charge in [0.1, 0.15) is 0 Å². The van der Waals surface area contributed by atoms with Gasteiger partial charge in [0.05, 0.1) is 35.4 Å². The van der Waals surface area contributed by atoms with Crippen molar-refractivity contribution in [1.29, 1.82) is 0 Å². The fourth-order valence-electron chi connectivity index (χ4n) is 3.39. The number of benzene rings is 1. The summed E-state index contributed by atoms with van der Waals surface area (Å²) < 4.78 is 3.84. The maximum atomic E-state index is 6.32. The second-order valence-corrected chi connectivity index (χ2v) is 8.54. The fourth-order valence-corrected chi connectivity index (χ4v) is 4.13. The van der Waals surface area contributed by atoms with Crippen molar-refractivity contribution in [3.63, 3.8) is 0 Å². The van der Waals surface area contributed by atoms with Crippen LogP contribution < -0.4 is 10.6 Å². The maximum absolute atomic E-state index is 6.32. The average Bonchev–Trinajstić information content (AvgIpc) is 3.18. The van der Waals surface area contributed by atoms with Crippen LogP contribution in [0.3, 0.4) is 0 Å². The van der Waals surface area contributed by atoms with Crippen molar-refractivity contribution >= 4 is 46.2 Å². The van der Waals surface area contributed by atoms with Crippen molar-refractivity contribution in [2.24, 2.45) is 0 Å².